The summed E-state index contributed by atoms with van der Waals surface area (Å²) in [5.74, 6) is -0.666. The topological polar surface area (TPSA) is 90.5 Å². The Balaban J connectivity index is 1.96. The van der Waals surface area contributed by atoms with Crippen LogP contribution in [0.4, 0.5) is 10.5 Å². The molecule has 1 heterocycles. The Labute approximate surface area is 175 Å². The molecule has 1 saturated heterocycles. The minimum absolute atomic E-state index is 0.0307. The van der Waals surface area contributed by atoms with Crippen LogP contribution in [-0.2, 0) is 9.59 Å². The molecule has 2 rings (SSSR count). The highest BCUT2D eigenvalue weighted by Gasteiger charge is 2.30. The number of amides is 4. The first-order chi connectivity index (χ1) is 13.0. The molecule has 9 heteroatoms. The van der Waals surface area contributed by atoms with E-state index >= 15 is 0 Å². The number of carbonyl (C=O) groups is 3. The van der Waals surface area contributed by atoms with Crippen LogP contribution in [0.2, 0.25) is 10.0 Å². The van der Waals surface area contributed by atoms with Gasteiger partial charge in [-0.1, -0.05) is 29.6 Å². The van der Waals surface area contributed by atoms with E-state index in [1.54, 1.807) is 23.1 Å². The Morgan fingerprint density at radius 1 is 1.14 bits per heavy atom. The van der Waals surface area contributed by atoms with Crippen molar-refractivity contribution in [3.05, 3.63) is 28.2 Å². The molecule has 1 aliphatic heterocycles. The van der Waals surface area contributed by atoms with Gasteiger partial charge in [-0.2, -0.15) is 0 Å². The molecule has 1 unspecified atom stereocenters. The fourth-order valence-corrected chi connectivity index (χ4v) is 3.30. The fraction of sp³-hybridized carbons (Fsp3) is 0.526. The number of carbonyl (C=O) groups excluding carboxylic acids is 3. The van der Waals surface area contributed by atoms with Gasteiger partial charge in [-0.15, -0.1) is 0 Å². The molecule has 0 bridgehead atoms. The lowest BCUT2D eigenvalue weighted by Gasteiger charge is -2.34. The lowest BCUT2D eigenvalue weighted by atomic mass is 10.0. The molecule has 1 aliphatic rings. The van der Waals surface area contributed by atoms with Crippen molar-refractivity contribution in [3.8, 4) is 0 Å². The lowest BCUT2D eigenvalue weighted by molar-refractivity contribution is -0.126. The molecule has 0 aromatic heterocycles. The zero-order valence-electron chi connectivity index (χ0n) is 16.3. The molecular formula is C19H26Cl2N4O3. The molecular weight excluding hydrogens is 403 g/mol. The third-order valence-corrected chi connectivity index (χ3v) is 4.93. The number of halogens is 2. The standard InChI is InChI=1S/C19H26Cl2N4O3/c1-19(2,3)24-18(28)23-16(26)11-25-9-5-4-6-15(25)17(27)22-12-7-8-13(20)14(21)10-12/h7-8,10,15H,4-6,9,11H2,1-3H3,(H,22,27)(H2,23,24,26,28). The number of nitrogens with one attached hydrogen (secondary N) is 3. The predicted molar refractivity (Wildman–Crippen MR) is 111 cm³/mol. The maximum absolute atomic E-state index is 12.7. The second-order valence-electron chi connectivity index (χ2n) is 7.85. The van der Waals surface area contributed by atoms with Gasteiger partial charge in [0.15, 0.2) is 0 Å². The molecule has 1 fully saturated rings. The zero-order chi connectivity index (χ0) is 20.9. The number of rotatable bonds is 4. The molecule has 0 aliphatic carbocycles. The van der Waals surface area contributed by atoms with Crippen LogP contribution in [0.3, 0.4) is 0 Å². The fourth-order valence-electron chi connectivity index (χ4n) is 3.00. The van der Waals surface area contributed by atoms with Crippen molar-refractivity contribution in [3.63, 3.8) is 0 Å². The van der Waals surface area contributed by atoms with Crippen LogP contribution >= 0.6 is 23.2 Å². The summed E-state index contributed by atoms with van der Waals surface area (Å²) in [4.78, 5) is 38.6. The Kier molecular flexibility index (Phi) is 7.69. The summed E-state index contributed by atoms with van der Waals surface area (Å²) in [5, 5.41) is 8.56. The highest BCUT2D eigenvalue weighted by atomic mass is 35.5. The van der Waals surface area contributed by atoms with E-state index in [2.05, 4.69) is 16.0 Å². The highest BCUT2D eigenvalue weighted by Crippen LogP contribution is 2.26. The van der Waals surface area contributed by atoms with Gasteiger partial charge < -0.3 is 10.6 Å². The minimum atomic E-state index is -0.550. The number of likely N-dealkylation sites (tertiary alicyclic amines) is 1. The van der Waals surface area contributed by atoms with Gasteiger partial charge in [0.05, 0.1) is 22.6 Å². The van der Waals surface area contributed by atoms with Gasteiger partial charge in [-0.05, 0) is 58.4 Å². The molecule has 4 amide bonds. The number of urea groups is 1. The average molecular weight is 429 g/mol. The van der Waals surface area contributed by atoms with Gasteiger partial charge in [-0.3, -0.25) is 19.8 Å². The van der Waals surface area contributed by atoms with E-state index in [-0.39, 0.29) is 12.5 Å². The van der Waals surface area contributed by atoms with Gasteiger partial charge in [0.25, 0.3) is 0 Å². The summed E-state index contributed by atoms with van der Waals surface area (Å²) < 4.78 is 0. The molecule has 7 nitrogen and oxygen atoms in total. The molecule has 0 saturated carbocycles. The number of hydrogen-bond donors (Lipinski definition) is 3. The van der Waals surface area contributed by atoms with Gasteiger partial charge in [-0.25, -0.2) is 4.79 Å². The number of anilines is 1. The molecule has 154 valence electrons. The largest absolute Gasteiger partial charge is 0.333 e. The first kappa shape index (κ1) is 22.5. The summed E-state index contributed by atoms with van der Waals surface area (Å²) in [6.45, 7) is 6.05. The van der Waals surface area contributed by atoms with Crippen LogP contribution < -0.4 is 16.0 Å². The SMILES string of the molecule is CC(C)(C)NC(=O)NC(=O)CN1CCCCC1C(=O)Nc1ccc(Cl)c(Cl)c1. The van der Waals surface area contributed by atoms with Gasteiger partial charge in [0.1, 0.15) is 0 Å². The van der Waals surface area contributed by atoms with E-state index < -0.39 is 23.5 Å². The first-order valence-electron chi connectivity index (χ1n) is 9.17. The van der Waals surface area contributed by atoms with E-state index in [0.29, 0.717) is 28.7 Å². The van der Waals surface area contributed by atoms with E-state index in [9.17, 15) is 14.4 Å². The molecule has 0 radical (unpaired) electrons. The van der Waals surface area contributed by atoms with Crippen LogP contribution in [0.25, 0.3) is 0 Å². The van der Waals surface area contributed by atoms with Crippen molar-refractivity contribution in [2.75, 3.05) is 18.4 Å². The van der Waals surface area contributed by atoms with E-state index in [1.807, 2.05) is 20.8 Å². The van der Waals surface area contributed by atoms with Crippen molar-refractivity contribution in [1.82, 2.24) is 15.5 Å². The zero-order valence-corrected chi connectivity index (χ0v) is 17.8. The van der Waals surface area contributed by atoms with Crippen molar-refractivity contribution < 1.29 is 14.4 Å². The number of benzene rings is 1. The van der Waals surface area contributed by atoms with Crippen molar-refractivity contribution in [1.29, 1.82) is 0 Å². The number of nitrogens with zero attached hydrogens (tertiary/aromatic N) is 1. The summed E-state index contributed by atoms with van der Waals surface area (Å²) in [5.41, 5.74) is 0.0940. The molecule has 1 atom stereocenters. The van der Waals surface area contributed by atoms with Gasteiger partial charge in [0, 0.05) is 11.2 Å². The third-order valence-electron chi connectivity index (χ3n) is 4.19. The second-order valence-corrected chi connectivity index (χ2v) is 8.67. The van der Waals surface area contributed by atoms with Crippen LogP contribution in [0, 0.1) is 0 Å². The third kappa shape index (κ3) is 6.96. The number of piperidine rings is 1. The Morgan fingerprint density at radius 3 is 2.50 bits per heavy atom. The first-order valence-corrected chi connectivity index (χ1v) is 9.93. The molecule has 3 N–H and O–H groups in total. The predicted octanol–water partition coefficient (Wildman–Crippen LogP) is 3.41. The van der Waals surface area contributed by atoms with Crippen molar-refractivity contribution >= 4 is 46.7 Å². The lowest BCUT2D eigenvalue weighted by Crippen LogP contribution is -2.54. The van der Waals surface area contributed by atoms with Gasteiger partial charge >= 0.3 is 6.03 Å². The summed E-state index contributed by atoms with van der Waals surface area (Å²) in [7, 11) is 0. The van der Waals surface area contributed by atoms with Crippen LogP contribution in [-0.4, -0.2) is 47.4 Å². The van der Waals surface area contributed by atoms with E-state index in [4.69, 9.17) is 23.2 Å². The molecule has 0 spiro atoms. The van der Waals surface area contributed by atoms with E-state index in [0.717, 1.165) is 12.8 Å². The Morgan fingerprint density at radius 2 is 1.86 bits per heavy atom. The minimum Gasteiger partial charge on any atom is -0.333 e. The Bertz CT molecular complexity index is 749. The summed E-state index contributed by atoms with van der Waals surface area (Å²) in [6, 6.07) is 3.85. The maximum atomic E-state index is 12.7. The average Bonchev–Trinajstić information content (AvgIpc) is 2.56. The van der Waals surface area contributed by atoms with Crippen LogP contribution in [0.15, 0.2) is 18.2 Å². The number of hydrogen-bond acceptors (Lipinski definition) is 4. The summed E-state index contributed by atoms with van der Waals surface area (Å²) >= 11 is 11.9. The highest BCUT2D eigenvalue weighted by molar-refractivity contribution is 6.42. The maximum Gasteiger partial charge on any atom is 0.321 e. The molecule has 1 aromatic carbocycles. The Hall–Kier alpha value is -1.83. The monoisotopic (exact) mass is 428 g/mol. The smallest absolute Gasteiger partial charge is 0.321 e. The van der Waals surface area contributed by atoms with E-state index in [1.165, 1.54) is 0 Å². The van der Waals surface area contributed by atoms with Crippen LogP contribution in [0.5, 0.6) is 0 Å². The van der Waals surface area contributed by atoms with Crippen molar-refractivity contribution in [2.24, 2.45) is 0 Å². The quantitative estimate of drug-likeness (QED) is 0.684. The van der Waals surface area contributed by atoms with Gasteiger partial charge in [0.2, 0.25) is 11.8 Å². The van der Waals surface area contributed by atoms with Crippen molar-refractivity contribution in [2.45, 2.75) is 51.6 Å². The molecule has 28 heavy (non-hydrogen) atoms. The normalized spacial score (nSPS) is 17.7. The molecule has 1 aromatic rings. The second kappa shape index (κ2) is 9.58. The van der Waals surface area contributed by atoms with Crippen LogP contribution in [0.1, 0.15) is 40.0 Å². The number of imide groups is 1. The summed E-state index contributed by atoms with van der Waals surface area (Å²) in [6.07, 6.45) is 2.41.